The number of carbonyl (C=O) groups excluding carboxylic acids is 1. The van der Waals surface area contributed by atoms with E-state index in [1.54, 1.807) is 17.0 Å². The smallest absolute Gasteiger partial charge is 0.254 e. The predicted molar refractivity (Wildman–Crippen MR) is 120 cm³/mol. The van der Waals surface area contributed by atoms with Crippen LogP contribution in [0.4, 0.5) is 0 Å². The maximum absolute atomic E-state index is 12.9. The van der Waals surface area contributed by atoms with Crippen molar-refractivity contribution in [3.05, 3.63) is 65.2 Å². The van der Waals surface area contributed by atoms with Crippen LogP contribution < -0.4 is 4.74 Å². The van der Waals surface area contributed by atoms with Crippen LogP contribution >= 0.6 is 0 Å². The van der Waals surface area contributed by atoms with Crippen LogP contribution in [-0.4, -0.2) is 43.3 Å². The molecule has 1 aliphatic heterocycles. The second kappa shape index (κ2) is 8.80. The molecule has 1 heterocycles. The minimum absolute atomic E-state index is 0.0620. The van der Waals surface area contributed by atoms with Crippen LogP contribution in [0.1, 0.15) is 55.6 Å². The molecule has 0 N–H and O–H groups in total. The Balaban J connectivity index is 1.61. The van der Waals surface area contributed by atoms with Gasteiger partial charge >= 0.3 is 0 Å². The standard InChI is InChI=1S/C24H31NO4S/c1-5-25(21-14-15-30(27,28)17-21)23(26)19-8-6-18(7-9-19)16-29-22-12-10-20(11-13-22)24(2,3)4/h6-13,21H,5,14-17H2,1-4H3/t21-/m0/s1. The number of nitrogens with zero attached hydrogens (tertiary/aromatic N) is 1. The fraction of sp³-hybridized carbons (Fsp3) is 0.458. The molecule has 1 saturated heterocycles. The van der Waals surface area contributed by atoms with Crippen LogP contribution in [0.3, 0.4) is 0 Å². The number of amides is 1. The second-order valence-electron chi connectivity index (χ2n) is 8.91. The Kier molecular flexibility index (Phi) is 6.56. The highest BCUT2D eigenvalue weighted by Crippen LogP contribution is 2.25. The quantitative estimate of drug-likeness (QED) is 0.690. The van der Waals surface area contributed by atoms with Crippen molar-refractivity contribution in [2.75, 3.05) is 18.1 Å². The minimum Gasteiger partial charge on any atom is -0.489 e. The molecule has 0 unspecified atom stereocenters. The van der Waals surface area contributed by atoms with E-state index in [9.17, 15) is 13.2 Å². The van der Waals surface area contributed by atoms with Crippen LogP contribution in [-0.2, 0) is 21.9 Å². The average Bonchev–Trinajstić information content (AvgIpc) is 3.06. The van der Waals surface area contributed by atoms with Crippen LogP contribution in [0.15, 0.2) is 48.5 Å². The zero-order chi connectivity index (χ0) is 21.9. The summed E-state index contributed by atoms with van der Waals surface area (Å²) in [4.78, 5) is 14.6. The molecule has 5 nitrogen and oxygen atoms in total. The maximum Gasteiger partial charge on any atom is 0.254 e. The third-order valence-electron chi connectivity index (χ3n) is 5.58. The summed E-state index contributed by atoms with van der Waals surface area (Å²) in [7, 11) is -3.03. The van der Waals surface area contributed by atoms with E-state index in [-0.39, 0.29) is 28.9 Å². The summed E-state index contributed by atoms with van der Waals surface area (Å²) in [5.41, 5.74) is 2.90. The molecule has 0 radical (unpaired) electrons. The number of carbonyl (C=O) groups is 1. The molecule has 3 rings (SSSR count). The van der Waals surface area contributed by atoms with E-state index < -0.39 is 9.84 Å². The van der Waals surface area contributed by atoms with Gasteiger partial charge in [-0.15, -0.1) is 0 Å². The van der Waals surface area contributed by atoms with Gasteiger partial charge in [0.15, 0.2) is 9.84 Å². The molecule has 1 fully saturated rings. The molecular formula is C24H31NO4S. The highest BCUT2D eigenvalue weighted by Gasteiger charge is 2.34. The lowest BCUT2D eigenvalue weighted by Crippen LogP contribution is -2.40. The highest BCUT2D eigenvalue weighted by molar-refractivity contribution is 7.91. The predicted octanol–water partition coefficient (Wildman–Crippen LogP) is 4.21. The molecule has 0 aromatic heterocycles. The lowest BCUT2D eigenvalue weighted by atomic mass is 9.87. The van der Waals surface area contributed by atoms with Crippen LogP contribution in [0, 0.1) is 0 Å². The topological polar surface area (TPSA) is 63.7 Å². The van der Waals surface area contributed by atoms with Crippen molar-refractivity contribution in [1.29, 1.82) is 0 Å². The van der Waals surface area contributed by atoms with Gasteiger partial charge in [0.1, 0.15) is 12.4 Å². The Morgan fingerprint density at radius 1 is 1.07 bits per heavy atom. The maximum atomic E-state index is 12.9. The largest absolute Gasteiger partial charge is 0.489 e. The first-order chi connectivity index (χ1) is 14.1. The van der Waals surface area contributed by atoms with Crippen molar-refractivity contribution >= 4 is 15.7 Å². The van der Waals surface area contributed by atoms with E-state index in [0.29, 0.717) is 25.1 Å². The van der Waals surface area contributed by atoms with E-state index >= 15 is 0 Å². The molecule has 1 atom stereocenters. The van der Waals surface area contributed by atoms with Crippen LogP contribution in [0.5, 0.6) is 5.75 Å². The highest BCUT2D eigenvalue weighted by atomic mass is 32.2. The van der Waals surface area contributed by atoms with Gasteiger partial charge in [0.25, 0.3) is 5.91 Å². The summed E-state index contributed by atoms with van der Waals surface area (Å²) >= 11 is 0. The van der Waals surface area contributed by atoms with Crippen molar-refractivity contribution in [1.82, 2.24) is 4.90 Å². The zero-order valence-electron chi connectivity index (χ0n) is 18.2. The van der Waals surface area contributed by atoms with Crippen molar-refractivity contribution < 1.29 is 17.9 Å². The first-order valence-corrected chi connectivity index (χ1v) is 12.2. The molecule has 30 heavy (non-hydrogen) atoms. The summed E-state index contributed by atoms with van der Waals surface area (Å²) in [6, 6.07) is 15.2. The lowest BCUT2D eigenvalue weighted by Gasteiger charge is -2.27. The van der Waals surface area contributed by atoms with Crippen molar-refractivity contribution in [2.24, 2.45) is 0 Å². The lowest BCUT2D eigenvalue weighted by molar-refractivity contribution is 0.0708. The molecule has 162 valence electrons. The Morgan fingerprint density at radius 2 is 1.70 bits per heavy atom. The molecule has 0 aliphatic carbocycles. The van der Waals surface area contributed by atoms with Gasteiger partial charge in [0, 0.05) is 18.2 Å². The number of rotatable bonds is 6. The first-order valence-electron chi connectivity index (χ1n) is 10.4. The van der Waals surface area contributed by atoms with Gasteiger partial charge in [0.05, 0.1) is 11.5 Å². The Labute approximate surface area is 180 Å². The summed E-state index contributed by atoms with van der Waals surface area (Å²) in [6.45, 7) is 9.33. The van der Waals surface area contributed by atoms with E-state index in [4.69, 9.17) is 4.74 Å². The van der Waals surface area contributed by atoms with Crippen LogP contribution in [0.2, 0.25) is 0 Å². The number of hydrogen-bond donors (Lipinski definition) is 0. The van der Waals surface area contributed by atoms with E-state index in [1.165, 1.54) is 5.56 Å². The number of sulfone groups is 1. The van der Waals surface area contributed by atoms with Crippen molar-refractivity contribution in [3.8, 4) is 5.75 Å². The molecular weight excluding hydrogens is 398 g/mol. The third-order valence-corrected chi connectivity index (χ3v) is 7.33. The molecule has 0 spiro atoms. The fourth-order valence-electron chi connectivity index (χ4n) is 3.72. The third kappa shape index (κ3) is 5.42. The van der Waals surface area contributed by atoms with Crippen molar-refractivity contribution in [3.63, 3.8) is 0 Å². The van der Waals surface area contributed by atoms with E-state index in [2.05, 4.69) is 32.9 Å². The van der Waals surface area contributed by atoms with Gasteiger partial charge < -0.3 is 9.64 Å². The van der Waals surface area contributed by atoms with Gasteiger partial charge in [-0.05, 0) is 54.2 Å². The zero-order valence-corrected chi connectivity index (χ0v) is 19.0. The average molecular weight is 430 g/mol. The molecule has 0 saturated carbocycles. The molecule has 1 aliphatic rings. The molecule has 6 heteroatoms. The normalized spacial score (nSPS) is 18.2. The summed E-state index contributed by atoms with van der Waals surface area (Å²) < 4.78 is 29.4. The van der Waals surface area contributed by atoms with Crippen molar-refractivity contribution in [2.45, 2.75) is 52.2 Å². The monoisotopic (exact) mass is 429 g/mol. The molecule has 2 aromatic rings. The summed E-state index contributed by atoms with van der Waals surface area (Å²) in [5, 5.41) is 0. The van der Waals surface area contributed by atoms with Gasteiger partial charge in [-0.2, -0.15) is 0 Å². The number of benzene rings is 2. The van der Waals surface area contributed by atoms with Gasteiger partial charge in [0.2, 0.25) is 0 Å². The number of hydrogen-bond acceptors (Lipinski definition) is 4. The Hall–Kier alpha value is -2.34. The minimum atomic E-state index is -3.03. The first kappa shape index (κ1) is 22.3. The van der Waals surface area contributed by atoms with Crippen LogP contribution in [0.25, 0.3) is 0 Å². The SMILES string of the molecule is CCN(C(=O)c1ccc(COc2ccc(C(C)(C)C)cc2)cc1)[C@H]1CCS(=O)(=O)C1. The van der Waals surface area contributed by atoms with Gasteiger partial charge in [-0.3, -0.25) is 4.79 Å². The second-order valence-corrected chi connectivity index (χ2v) is 11.1. The van der Waals surface area contributed by atoms with Gasteiger partial charge in [-0.25, -0.2) is 8.42 Å². The van der Waals surface area contributed by atoms with Gasteiger partial charge in [-0.1, -0.05) is 45.0 Å². The molecule has 1 amide bonds. The Bertz CT molecular complexity index is 973. The summed E-state index contributed by atoms with van der Waals surface area (Å²) in [6.07, 6.45) is 0.516. The molecule has 0 bridgehead atoms. The summed E-state index contributed by atoms with van der Waals surface area (Å²) in [5.74, 6) is 0.911. The molecule has 2 aromatic carbocycles. The Morgan fingerprint density at radius 3 is 2.20 bits per heavy atom. The van der Waals surface area contributed by atoms with E-state index in [0.717, 1.165) is 11.3 Å². The number of ether oxygens (including phenoxy) is 1. The fourth-order valence-corrected chi connectivity index (χ4v) is 5.45. The van der Waals surface area contributed by atoms with E-state index in [1.807, 2.05) is 31.2 Å².